The molecule has 0 aromatic heterocycles. The molecule has 24 heavy (non-hydrogen) atoms. The zero-order valence-corrected chi connectivity index (χ0v) is 14.1. The van der Waals surface area contributed by atoms with E-state index in [0.717, 1.165) is 30.9 Å². The van der Waals surface area contributed by atoms with E-state index in [1.54, 1.807) is 7.11 Å². The van der Waals surface area contributed by atoms with Crippen LogP contribution in [-0.4, -0.2) is 26.1 Å². The number of ether oxygens (including phenoxy) is 1. The number of hydrogen-bond acceptors (Lipinski definition) is 3. The van der Waals surface area contributed by atoms with Gasteiger partial charge >= 0.3 is 0 Å². The average Bonchev–Trinajstić information content (AvgIpc) is 3.16. The lowest BCUT2D eigenvalue weighted by molar-refractivity contribution is -0.116. The standard InChI is InChI=1S/C20H24N2O2/c1-24-19-11-7-17(8-12-19)21-20(23)13-6-16-4-9-18(10-5-16)22-14-2-3-15-22/h4-5,7-12H,2-3,6,13-15H2,1H3,(H,21,23). The van der Waals surface area contributed by atoms with Crippen molar-refractivity contribution in [2.75, 3.05) is 30.4 Å². The molecule has 1 fully saturated rings. The molecule has 0 aliphatic carbocycles. The van der Waals surface area contributed by atoms with E-state index in [1.165, 1.54) is 24.1 Å². The summed E-state index contributed by atoms with van der Waals surface area (Å²) < 4.78 is 5.11. The number of carbonyl (C=O) groups is 1. The van der Waals surface area contributed by atoms with E-state index in [0.29, 0.717) is 6.42 Å². The Labute approximate surface area is 143 Å². The van der Waals surface area contributed by atoms with Crippen LogP contribution in [0.2, 0.25) is 0 Å². The Morgan fingerprint density at radius 2 is 1.71 bits per heavy atom. The number of nitrogens with one attached hydrogen (secondary N) is 1. The van der Waals surface area contributed by atoms with Gasteiger partial charge in [0.25, 0.3) is 0 Å². The molecule has 0 atom stereocenters. The fraction of sp³-hybridized carbons (Fsp3) is 0.350. The van der Waals surface area contributed by atoms with Gasteiger partial charge in [-0.2, -0.15) is 0 Å². The number of aryl methyl sites for hydroxylation is 1. The van der Waals surface area contributed by atoms with Crippen molar-refractivity contribution in [2.45, 2.75) is 25.7 Å². The molecule has 2 aromatic carbocycles. The molecule has 3 rings (SSSR count). The molecule has 4 heteroatoms. The van der Waals surface area contributed by atoms with E-state index in [9.17, 15) is 4.79 Å². The van der Waals surface area contributed by atoms with Crippen LogP contribution in [0.15, 0.2) is 48.5 Å². The summed E-state index contributed by atoms with van der Waals surface area (Å²) in [5, 5.41) is 2.92. The largest absolute Gasteiger partial charge is 0.497 e. The van der Waals surface area contributed by atoms with Crippen LogP contribution in [0.25, 0.3) is 0 Å². The average molecular weight is 324 g/mol. The van der Waals surface area contributed by atoms with Crippen molar-refractivity contribution in [1.82, 2.24) is 0 Å². The van der Waals surface area contributed by atoms with Gasteiger partial charge in [-0.15, -0.1) is 0 Å². The van der Waals surface area contributed by atoms with E-state index in [2.05, 4.69) is 34.5 Å². The Balaban J connectivity index is 1.48. The van der Waals surface area contributed by atoms with Gasteiger partial charge in [0, 0.05) is 30.9 Å². The summed E-state index contributed by atoms with van der Waals surface area (Å²) >= 11 is 0. The first-order valence-electron chi connectivity index (χ1n) is 8.52. The molecule has 0 unspecified atom stereocenters. The number of carbonyl (C=O) groups excluding carboxylic acids is 1. The lowest BCUT2D eigenvalue weighted by atomic mass is 10.1. The molecule has 1 amide bonds. The van der Waals surface area contributed by atoms with Gasteiger partial charge in [0.2, 0.25) is 5.91 Å². The lowest BCUT2D eigenvalue weighted by Crippen LogP contribution is -2.17. The molecule has 0 bridgehead atoms. The number of nitrogens with zero attached hydrogens (tertiary/aromatic N) is 1. The summed E-state index contributed by atoms with van der Waals surface area (Å²) in [5.41, 5.74) is 3.28. The molecule has 1 heterocycles. The number of benzene rings is 2. The summed E-state index contributed by atoms with van der Waals surface area (Å²) in [6.45, 7) is 2.31. The highest BCUT2D eigenvalue weighted by atomic mass is 16.5. The van der Waals surface area contributed by atoms with Gasteiger partial charge < -0.3 is 15.0 Å². The van der Waals surface area contributed by atoms with Crippen molar-refractivity contribution >= 4 is 17.3 Å². The van der Waals surface area contributed by atoms with Crippen LogP contribution in [0.4, 0.5) is 11.4 Å². The lowest BCUT2D eigenvalue weighted by Gasteiger charge is -2.17. The van der Waals surface area contributed by atoms with Crippen molar-refractivity contribution in [2.24, 2.45) is 0 Å². The third-order valence-corrected chi connectivity index (χ3v) is 4.42. The van der Waals surface area contributed by atoms with Gasteiger partial charge in [0.1, 0.15) is 5.75 Å². The van der Waals surface area contributed by atoms with Gasteiger partial charge in [-0.25, -0.2) is 0 Å². The van der Waals surface area contributed by atoms with Crippen molar-refractivity contribution in [3.8, 4) is 5.75 Å². The fourth-order valence-corrected chi connectivity index (χ4v) is 3.00. The van der Waals surface area contributed by atoms with Gasteiger partial charge in [0.15, 0.2) is 0 Å². The first-order chi connectivity index (χ1) is 11.7. The highest BCUT2D eigenvalue weighted by molar-refractivity contribution is 5.90. The van der Waals surface area contributed by atoms with Gasteiger partial charge in [0.05, 0.1) is 7.11 Å². The van der Waals surface area contributed by atoms with Gasteiger partial charge in [-0.3, -0.25) is 4.79 Å². The first-order valence-corrected chi connectivity index (χ1v) is 8.52. The number of hydrogen-bond donors (Lipinski definition) is 1. The molecule has 4 nitrogen and oxygen atoms in total. The molecule has 1 N–H and O–H groups in total. The minimum Gasteiger partial charge on any atom is -0.497 e. The summed E-state index contributed by atoms with van der Waals surface area (Å²) in [4.78, 5) is 14.5. The van der Waals surface area contributed by atoms with Crippen molar-refractivity contribution in [3.63, 3.8) is 0 Å². The molecule has 0 spiro atoms. The van der Waals surface area contributed by atoms with Crippen LogP contribution in [0, 0.1) is 0 Å². The van der Waals surface area contributed by atoms with E-state index in [1.807, 2.05) is 24.3 Å². The summed E-state index contributed by atoms with van der Waals surface area (Å²) in [5.74, 6) is 0.815. The Hall–Kier alpha value is -2.49. The van der Waals surface area contributed by atoms with Crippen LogP contribution in [-0.2, 0) is 11.2 Å². The molecule has 1 saturated heterocycles. The van der Waals surface area contributed by atoms with E-state index in [4.69, 9.17) is 4.74 Å². The topological polar surface area (TPSA) is 41.6 Å². The molecule has 0 saturated carbocycles. The van der Waals surface area contributed by atoms with Gasteiger partial charge in [-0.1, -0.05) is 12.1 Å². The van der Waals surface area contributed by atoms with Crippen molar-refractivity contribution in [1.29, 1.82) is 0 Å². The van der Waals surface area contributed by atoms with E-state index < -0.39 is 0 Å². The summed E-state index contributed by atoms with van der Waals surface area (Å²) in [6, 6.07) is 16.0. The van der Waals surface area contributed by atoms with E-state index >= 15 is 0 Å². The maximum absolute atomic E-state index is 12.1. The van der Waals surface area contributed by atoms with Crippen LogP contribution in [0.5, 0.6) is 5.75 Å². The maximum Gasteiger partial charge on any atom is 0.224 e. The zero-order valence-electron chi connectivity index (χ0n) is 14.1. The summed E-state index contributed by atoms with van der Waals surface area (Å²) in [6.07, 6.45) is 3.80. The second-order valence-corrected chi connectivity index (χ2v) is 6.14. The Morgan fingerprint density at radius 3 is 2.33 bits per heavy atom. The highest BCUT2D eigenvalue weighted by Crippen LogP contribution is 2.21. The molecule has 1 aliphatic heterocycles. The Bertz CT molecular complexity index is 659. The van der Waals surface area contributed by atoms with Crippen LogP contribution in [0.1, 0.15) is 24.8 Å². The maximum atomic E-state index is 12.1. The first kappa shape index (κ1) is 16.4. The second kappa shape index (κ2) is 7.86. The number of methoxy groups -OCH3 is 1. The number of anilines is 2. The molecular formula is C20H24N2O2. The SMILES string of the molecule is COc1ccc(NC(=O)CCc2ccc(N3CCCC3)cc2)cc1. The molecule has 2 aromatic rings. The van der Waals surface area contributed by atoms with Gasteiger partial charge in [-0.05, 0) is 61.2 Å². The predicted octanol–water partition coefficient (Wildman–Crippen LogP) is 3.87. The Morgan fingerprint density at radius 1 is 1.04 bits per heavy atom. The minimum atomic E-state index is 0.0313. The monoisotopic (exact) mass is 324 g/mol. The molecule has 126 valence electrons. The number of rotatable bonds is 6. The third-order valence-electron chi connectivity index (χ3n) is 4.42. The normalized spacial score (nSPS) is 13.8. The minimum absolute atomic E-state index is 0.0313. The molecule has 0 radical (unpaired) electrons. The second-order valence-electron chi connectivity index (χ2n) is 6.14. The van der Waals surface area contributed by atoms with Crippen molar-refractivity contribution in [3.05, 3.63) is 54.1 Å². The van der Waals surface area contributed by atoms with Crippen molar-refractivity contribution < 1.29 is 9.53 Å². The third kappa shape index (κ3) is 4.28. The summed E-state index contributed by atoms with van der Waals surface area (Å²) in [7, 11) is 1.63. The van der Waals surface area contributed by atoms with Crippen LogP contribution < -0.4 is 15.0 Å². The van der Waals surface area contributed by atoms with E-state index in [-0.39, 0.29) is 5.91 Å². The molecular weight excluding hydrogens is 300 g/mol. The zero-order chi connectivity index (χ0) is 16.8. The van der Waals surface area contributed by atoms with Crippen LogP contribution >= 0.6 is 0 Å². The quantitative estimate of drug-likeness (QED) is 0.877. The number of amides is 1. The smallest absolute Gasteiger partial charge is 0.224 e. The molecule has 1 aliphatic rings. The Kier molecular flexibility index (Phi) is 5.36. The predicted molar refractivity (Wildman–Crippen MR) is 97.8 cm³/mol. The van der Waals surface area contributed by atoms with Crippen LogP contribution in [0.3, 0.4) is 0 Å². The highest BCUT2D eigenvalue weighted by Gasteiger charge is 2.12. The fourth-order valence-electron chi connectivity index (χ4n) is 3.00.